The summed E-state index contributed by atoms with van der Waals surface area (Å²) in [5.74, 6) is -0.699. The van der Waals surface area contributed by atoms with Gasteiger partial charge in [-0.1, -0.05) is 24.3 Å². The van der Waals surface area contributed by atoms with Crippen molar-refractivity contribution in [3.63, 3.8) is 0 Å². The van der Waals surface area contributed by atoms with Gasteiger partial charge in [-0.05, 0) is 49.2 Å². The molecule has 34 heavy (non-hydrogen) atoms. The summed E-state index contributed by atoms with van der Waals surface area (Å²) < 4.78 is 70.3. The molecule has 1 fully saturated rings. The third kappa shape index (κ3) is 3.63. The number of rotatable bonds is 4. The van der Waals surface area contributed by atoms with Crippen LogP contribution in [0.4, 0.5) is 18.9 Å². The number of aryl methyl sites for hydroxylation is 1. The van der Waals surface area contributed by atoms with Crippen molar-refractivity contribution >= 4 is 37.4 Å². The van der Waals surface area contributed by atoms with Crippen LogP contribution in [0.5, 0.6) is 0 Å². The van der Waals surface area contributed by atoms with Crippen molar-refractivity contribution in [1.29, 1.82) is 0 Å². The molecule has 0 aliphatic carbocycles. The van der Waals surface area contributed by atoms with E-state index >= 15 is 0 Å². The van der Waals surface area contributed by atoms with Crippen molar-refractivity contribution < 1.29 is 21.6 Å². The van der Waals surface area contributed by atoms with Crippen LogP contribution in [0, 0.1) is 12.7 Å². The molecule has 5 nitrogen and oxygen atoms in total. The van der Waals surface area contributed by atoms with E-state index in [4.69, 9.17) is 0 Å². The van der Waals surface area contributed by atoms with E-state index in [0.29, 0.717) is 5.39 Å². The molecule has 0 spiro atoms. The summed E-state index contributed by atoms with van der Waals surface area (Å²) in [6.45, 7) is 5.12. The third-order valence-corrected chi connectivity index (χ3v) is 8.34. The Kier molecular flexibility index (Phi) is 5.56. The second-order valence-corrected chi connectivity index (χ2v) is 10.5. The Bertz CT molecular complexity index is 1510. The number of aromatic nitrogens is 1. The van der Waals surface area contributed by atoms with Crippen molar-refractivity contribution in [3.8, 4) is 0 Å². The molecule has 9 heteroatoms. The van der Waals surface area contributed by atoms with Crippen molar-refractivity contribution in [2.45, 2.75) is 18.2 Å². The molecule has 0 amide bonds. The summed E-state index contributed by atoms with van der Waals surface area (Å²) in [5, 5.41) is 1.28. The second kappa shape index (κ2) is 8.32. The zero-order valence-electron chi connectivity index (χ0n) is 18.8. The first-order valence-corrected chi connectivity index (χ1v) is 12.4. The molecule has 1 aliphatic rings. The molecule has 0 N–H and O–H groups in total. The van der Waals surface area contributed by atoms with Crippen LogP contribution < -0.4 is 4.90 Å². The number of fused-ring (bicyclic) bond motifs is 2. The van der Waals surface area contributed by atoms with E-state index in [-0.39, 0.29) is 15.8 Å². The molecule has 2 heterocycles. The van der Waals surface area contributed by atoms with Gasteiger partial charge >= 0.3 is 0 Å². The summed E-state index contributed by atoms with van der Waals surface area (Å²) in [6.07, 6.45) is -1.99. The molecular weight excluding hydrogens is 463 g/mol. The largest absolute Gasteiger partial charge is 0.369 e. The minimum Gasteiger partial charge on any atom is -0.369 e. The Morgan fingerprint density at radius 1 is 0.912 bits per heavy atom. The number of halogens is 3. The van der Waals surface area contributed by atoms with E-state index in [1.54, 1.807) is 18.2 Å². The molecule has 0 saturated carbocycles. The van der Waals surface area contributed by atoms with E-state index in [1.807, 2.05) is 26.1 Å². The Labute approximate surface area is 196 Å². The van der Waals surface area contributed by atoms with Gasteiger partial charge in [0.15, 0.2) is 0 Å². The summed E-state index contributed by atoms with van der Waals surface area (Å²) in [5.41, 5.74) is 1.19. The zero-order valence-corrected chi connectivity index (χ0v) is 19.6. The van der Waals surface area contributed by atoms with Gasteiger partial charge in [0.05, 0.1) is 10.4 Å². The number of nitrogens with zero attached hydrogens (tertiary/aromatic N) is 3. The number of hydrogen-bond acceptors (Lipinski definition) is 4. The fourth-order valence-corrected chi connectivity index (χ4v) is 6.33. The number of piperazine rings is 1. The molecule has 1 saturated heterocycles. The maximum atomic E-state index is 14.1. The number of hydrogen-bond donors (Lipinski definition) is 0. The van der Waals surface area contributed by atoms with Gasteiger partial charge in [0, 0.05) is 54.4 Å². The molecule has 0 unspecified atom stereocenters. The Morgan fingerprint density at radius 2 is 1.59 bits per heavy atom. The van der Waals surface area contributed by atoms with E-state index in [0.717, 1.165) is 65.1 Å². The van der Waals surface area contributed by atoms with Gasteiger partial charge < -0.3 is 9.80 Å². The molecule has 0 radical (unpaired) electrons. The van der Waals surface area contributed by atoms with E-state index in [9.17, 15) is 21.6 Å². The average Bonchev–Trinajstić information content (AvgIpc) is 3.20. The fourth-order valence-electron chi connectivity index (χ4n) is 4.74. The highest BCUT2D eigenvalue weighted by Gasteiger charge is 2.28. The highest BCUT2D eigenvalue weighted by molar-refractivity contribution is 7.90. The number of likely N-dealkylation sites (N-methyl/N-ethyl adjacent to an activating group) is 1. The summed E-state index contributed by atoms with van der Waals surface area (Å²) >= 11 is 0. The summed E-state index contributed by atoms with van der Waals surface area (Å²) in [7, 11) is -2.29. The van der Waals surface area contributed by atoms with Crippen molar-refractivity contribution in [1.82, 2.24) is 8.87 Å². The van der Waals surface area contributed by atoms with Gasteiger partial charge in [0.1, 0.15) is 5.82 Å². The predicted octanol–water partition coefficient (Wildman–Crippen LogP) is 5.17. The molecule has 5 rings (SSSR count). The van der Waals surface area contributed by atoms with Gasteiger partial charge in [-0.3, -0.25) is 0 Å². The molecule has 4 aromatic rings. The normalized spacial score (nSPS) is 15.6. The Morgan fingerprint density at radius 3 is 2.26 bits per heavy atom. The predicted molar refractivity (Wildman–Crippen MR) is 128 cm³/mol. The zero-order chi connectivity index (χ0) is 24.2. The maximum Gasteiger partial charge on any atom is 0.268 e. The summed E-state index contributed by atoms with van der Waals surface area (Å²) in [6, 6.07) is 12.0. The van der Waals surface area contributed by atoms with Gasteiger partial charge in [-0.15, -0.1) is 0 Å². The number of anilines is 1. The van der Waals surface area contributed by atoms with Gasteiger partial charge in [-0.25, -0.2) is 25.6 Å². The van der Waals surface area contributed by atoms with Gasteiger partial charge in [-0.2, -0.15) is 0 Å². The van der Waals surface area contributed by atoms with E-state index in [1.165, 1.54) is 6.07 Å². The Balaban J connectivity index is 1.78. The standard InChI is InChI=1S/C25H24F3N3O2S/c1-16-18-5-3-4-6-20(18)24(14-22(16)30-11-9-29(2)10-12-30)34(32,33)31-15-21(25(27)28)19-8-7-17(26)13-23(19)31/h3-8,13-15,25H,9-12H2,1-2H3. The van der Waals surface area contributed by atoms with Crippen molar-refractivity contribution in [2.24, 2.45) is 0 Å². The minimum absolute atomic E-state index is 0.00426. The number of alkyl halides is 2. The molecule has 0 bridgehead atoms. The average molecular weight is 488 g/mol. The van der Waals surface area contributed by atoms with Crippen LogP contribution in [-0.4, -0.2) is 50.5 Å². The Hall–Kier alpha value is -3.04. The maximum absolute atomic E-state index is 14.1. The van der Waals surface area contributed by atoms with Gasteiger partial charge in [0.2, 0.25) is 0 Å². The molecule has 178 valence electrons. The monoisotopic (exact) mass is 487 g/mol. The molecule has 3 aromatic carbocycles. The van der Waals surface area contributed by atoms with Gasteiger partial charge in [0.25, 0.3) is 16.4 Å². The highest BCUT2D eigenvalue weighted by Crippen LogP contribution is 2.38. The van der Waals surface area contributed by atoms with Crippen LogP contribution in [0.2, 0.25) is 0 Å². The molecule has 1 aliphatic heterocycles. The van der Waals surface area contributed by atoms with Crippen LogP contribution in [-0.2, 0) is 10.0 Å². The third-order valence-electron chi connectivity index (χ3n) is 6.63. The van der Waals surface area contributed by atoms with Crippen LogP contribution in [0.25, 0.3) is 21.7 Å². The number of benzene rings is 3. The quantitative estimate of drug-likeness (QED) is 0.399. The highest BCUT2D eigenvalue weighted by atomic mass is 32.2. The van der Waals surface area contributed by atoms with E-state index in [2.05, 4.69) is 9.80 Å². The first kappa shape index (κ1) is 22.7. The lowest BCUT2D eigenvalue weighted by atomic mass is 10.0. The summed E-state index contributed by atoms with van der Waals surface area (Å²) in [4.78, 5) is 4.36. The second-order valence-electron chi connectivity index (χ2n) is 8.70. The molecular formula is C25H24F3N3O2S. The van der Waals surface area contributed by atoms with Crippen LogP contribution in [0.15, 0.2) is 59.6 Å². The van der Waals surface area contributed by atoms with Crippen LogP contribution >= 0.6 is 0 Å². The first-order valence-electron chi connectivity index (χ1n) is 11.0. The first-order chi connectivity index (χ1) is 16.2. The smallest absolute Gasteiger partial charge is 0.268 e. The topological polar surface area (TPSA) is 45.6 Å². The van der Waals surface area contributed by atoms with Crippen LogP contribution in [0.3, 0.4) is 0 Å². The lowest BCUT2D eigenvalue weighted by Crippen LogP contribution is -2.44. The van der Waals surface area contributed by atoms with Crippen molar-refractivity contribution in [2.75, 3.05) is 38.1 Å². The fraction of sp³-hybridized carbons (Fsp3) is 0.280. The molecule has 0 atom stereocenters. The van der Waals surface area contributed by atoms with E-state index < -0.39 is 27.8 Å². The lowest BCUT2D eigenvalue weighted by molar-refractivity contribution is 0.153. The molecule has 1 aromatic heterocycles. The minimum atomic E-state index is -4.33. The lowest BCUT2D eigenvalue weighted by Gasteiger charge is -2.35. The SMILES string of the molecule is Cc1c(N2CCN(C)CC2)cc(S(=O)(=O)n2cc(C(F)F)c3ccc(F)cc32)c2ccccc12. The van der Waals surface area contributed by atoms with Crippen LogP contribution in [0.1, 0.15) is 17.6 Å². The van der Waals surface area contributed by atoms with Crippen molar-refractivity contribution in [3.05, 3.63) is 71.7 Å².